The summed E-state index contributed by atoms with van der Waals surface area (Å²) < 4.78 is 0. The van der Waals surface area contributed by atoms with Crippen molar-refractivity contribution >= 4 is 5.91 Å². The first-order valence-corrected chi connectivity index (χ1v) is 6.52. The maximum Gasteiger partial charge on any atom is 0.234 e. The molecule has 0 spiro atoms. The average Bonchev–Trinajstić information content (AvgIpc) is 3.04. The van der Waals surface area contributed by atoms with Gasteiger partial charge < -0.3 is 5.32 Å². The van der Waals surface area contributed by atoms with Crippen LogP contribution in [-0.2, 0) is 4.79 Å². The second-order valence-electron chi connectivity index (χ2n) is 5.35. The number of carbonyl (C=O) groups excluding carboxylic acids is 1. The summed E-state index contributed by atoms with van der Waals surface area (Å²) in [5, 5.41) is 3.04. The normalized spacial score (nSPS) is 22.4. The Labute approximate surface area is 104 Å². The van der Waals surface area contributed by atoms with Crippen LogP contribution in [0.3, 0.4) is 0 Å². The third kappa shape index (κ3) is 4.48. The van der Waals surface area contributed by atoms with Crippen molar-refractivity contribution in [2.24, 2.45) is 0 Å². The number of nitrogens with one attached hydrogen (secondary N) is 1. The zero-order valence-corrected chi connectivity index (χ0v) is 10.7. The van der Waals surface area contributed by atoms with E-state index in [0.717, 1.165) is 45.6 Å². The van der Waals surface area contributed by atoms with E-state index in [2.05, 4.69) is 28.6 Å². The standard InChI is InChI=1S/C13H23N3O/c1-11(2)9-15-5-7-16(8-6-15)10-13(17)14-12-3-4-12/h12H,1,3-10H2,2H3,(H,14,17). The topological polar surface area (TPSA) is 35.6 Å². The van der Waals surface area contributed by atoms with E-state index in [4.69, 9.17) is 0 Å². The van der Waals surface area contributed by atoms with Crippen molar-refractivity contribution in [1.29, 1.82) is 0 Å². The van der Waals surface area contributed by atoms with Crippen LogP contribution in [0.4, 0.5) is 0 Å². The van der Waals surface area contributed by atoms with Crippen LogP contribution in [0, 0.1) is 0 Å². The molecule has 0 aromatic carbocycles. The minimum absolute atomic E-state index is 0.195. The molecule has 4 heteroatoms. The highest BCUT2D eigenvalue weighted by Gasteiger charge is 2.25. The van der Waals surface area contributed by atoms with Crippen LogP contribution in [-0.4, -0.2) is 61.0 Å². The van der Waals surface area contributed by atoms with Gasteiger partial charge in [0, 0.05) is 38.8 Å². The first-order chi connectivity index (χ1) is 8.13. The smallest absolute Gasteiger partial charge is 0.234 e. The van der Waals surface area contributed by atoms with Gasteiger partial charge in [-0.25, -0.2) is 0 Å². The first-order valence-electron chi connectivity index (χ1n) is 6.52. The Morgan fingerprint density at radius 3 is 2.18 bits per heavy atom. The van der Waals surface area contributed by atoms with Crippen molar-refractivity contribution in [3.05, 3.63) is 12.2 Å². The number of piperazine rings is 1. The summed E-state index contributed by atoms with van der Waals surface area (Å²) in [6.45, 7) is 11.6. The van der Waals surface area contributed by atoms with E-state index in [9.17, 15) is 4.79 Å². The first kappa shape index (κ1) is 12.6. The van der Waals surface area contributed by atoms with Crippen LogP contribution in [0.1, 0.15) is 19.8 Å². The molecular formula is C13H23N3O. The summed E-state index contributed by atoms with van der Waals surface area (Å²) in [5.41, 5.74) is 1.21. The van der Waals surface area contributed by atoms with Crippen LogP contribution in [0.25, 0.3) is 0 Å². The monoisotopic (exact) mass is 237 g/mol. The third-order valence-electron chi connectivity index (χ3n) is 3.27. The van der Waals surface area contributed by atoms with Crippen LogP contribution >= 0.6 is 0 Å². The highest BCUT2D eigenvalue weighted by atomic mass is 16.2. The molecule has 1 saturated carbocycles. The van der Waals surface area contributed by atoms with Crippen LogP contribution < -0.4 is 5.32 Å². The molecule has 2 rings (SSSR count). The molecule has 0 aromatic heterocycles. The van der Waals surface area contributed by atoms with Crippen LogP contribution in [0.2, 0.25) is 0 Å². The number of hydrogen-bond donors (Lipinski definition) is 1. The molecule has 1 N–H and O–H groups in total. The molecule has 0 aromatic rings. The third-order valence-corrected chi connectivity index (χ3v) is 3.27. The summed E-state index contributed by atoms with van der Waals surface area (Å²) in [6, 6.07) is 0.479. The minimum atomic E-state index is 0.195. The van der Waals surface area contributed by atoms with Gasteiger partial charge in [-0.2, -0.15) is 0 Å². The fourth-order valence-corrected chi connectivity index (χ4v) is 2.19. The molecule has 2 fully saturated rings. The average molecular weight is 237 g/mol. The van der Waals surface area contributed by atoms with Gasteiger partial charge >= 0.3 is 0 Å². The Morgan fingerprint density at radius 2 is 1.71 bits per heavy atom. The molecule has 2 aliphatic rings. The van der Waals surface area contributed by atoms with Gasteiger partial charge in [0.2, 0.25) is 5.91 Å². The second-order valence-corrected chi connectivity index (χ2v) is 5.35. The minimum Gasteiger partial charge on any atom is -0.352 e. The van der Waals surface area contributed by atoms with Crippen molar-refractivity contribution in [2.75, 3.05) is 39.3 Å². The van der Waals surface area contributed by atoms with Gasteiger partial charge in [0.05, 0.1) is 6.54 Å². The Morgan fingerprint density at radius 1 is 1.18 bits per heavy atom. The predicted octanol–water partition coefficient (Wildman–Crippen LogP) is 0.459. The number of carbonyl (C=O) groups is 1. The maximum absolute atomic E-state index is 11.6. The van der Waals surface area contributed by atoms with Crippen molar-refractivity contribution in [3.8, 4) is 0 Å². The lowest BCUT2D eigenvalue weighted by atomic mass is 10.2. The summed E-state index contributed by atoms with van der Waals surface area (Å²) in [6.07, 6.45) is 2.33. The molecule has 0 bridgehead atoms. The lowest BCUT2D eigenvalue weighted by Gasteiger charge is -2.34. The van der Waals surface area contributed by atoms with Gasteiger partial charge in [0.25, 0.3) is 0 Å². The quantitative estimate of drug-likeness (QED) is 0.706. The van der Waals surface area contributed by atoms with E-state index in [0.29, 0.717) is 12.6 Å². The van der Waals surface area contributed by atoms with E-state index in [1.54, 1.807) is 0 Å². The van der Waals surface area contributed by atoms with E-state index < -0.39 is 0 Å². The van der Waals surface area contributed by atoms with Crippen molar-refractivity contribution in [2.45, 2.75) is 25.8 Å². The van der Waals surface area contributed by atoms with Crippen molar-refractivity contribution in [1.82, 2.24) is 15.1 Å². The number of rotatable bonds is 5. The highest BCUT2D eigenvalue weighted by Crippen LogP contribution is 2.18. The molecule has 0 unspecified atom stereocenters. The van der Waals surface area contributed by atoms with Gasteiger partial charge in [-0.15, -0.1) is 0 Å². The van der Waals surface area contributed by atoms with Crippen molar-refractivity contribution in [3.63, 3.8) is 0 Å². The lowest BCUT2D eigenvalue weighted by Crippen LogP contribution is -2.49. The largest absolute Gasteiger partial charge is 0.352 e. The summed E-state index contributed by atoms with van der Waals surface area (Å²) in [7, 11) is 0. The number of amides is 1. The Balaban J connectivity index is 1.64. The molecule has 4 nitrogen and oxygen atoms in total. The number of hydrogen-bond acceptors (Lipinski definition) is 3. The van der Waals surface area contributed by atoms with Gasteiger partial charge in [-0.1, -0.05) is 12.2 Å². The van der Waals surface area contributed by atoms with E-state index in [1.807, 2.05) is 0 Å². The molecule has 1 heterocycles. The summed E-state index contributed by atoms with van der Waals surface area (Å²) in [4.78, 5) is 16.3. The van der Waals surface area contributed by atoms with Crippen LogP contribution in [0.15, 0.2) is 12.2 Å². The molecule has 0 atom stereocenters. The zero-order valence-electron chi connectivity index (χ0n) is 10.7. The molecule has 1 aliphatic heterocycles. The Hall–Kier alpha value is -0.870. The highest BCUT2D eigenvalue weighted by molar-refractivity contribution is 5.78. The SMILES string of the molecule is C=C(C)CN1CCN(CC(=O)NC2CC2)CC1. The lowest BCUT2D eigenvalue weighted by molar-refractivity contribution is -0.122. The molecule has 17 heavy (non-hydrogen) atoms. The van der Waals surface area contributed by atoms with Gasteiger partial charge in [-0.3, -0.25) is 14.6 Å². The fraction of sp³-hybridized carbons (Fsp3) is 0.769. The Bertz CT molecular complexity index is 291. The summed E-state index contributed by atoms with van der Waals surface area (Å²) in [5.74, 6) is 0.195. The number of nitrogens with zero attached hydrogens (tertiary/aromatic N) is 2. The van der Waals surface area contributed by atoms with E-state index >= 15 is 0 Å². The second kappa shape index (κ2) is 5.65. The van der Waals surface area contributed by atoms with E-state index in [-0.39, 0.29) is 5.91 Å². The maximum atomic E-state index is 11.6. The van der Waals surface area contributed by atoms with Gasteiger partial charge in [0.15, 0.2) is 0 Å². The predicted molar refractivity (Wildman–Crippen MR) is 68.9 cm³/mol. The van der Waals surface area contributed by atoms with Gasteiger partial charge in [0.1, 0.15) is 0 Å². The molecule has 1 saturated heterocycles. The van der Waals surface area contributed by atoms with Crippen LogP contribution in [0.5, 0.6) is 0 Å². The fourth-order valence-electron chi connectivity index (χ4n) is 2.19. The Kier molecular flexibility index (Phi) is 4.18. The molecular weight excluding hydrogens is 214 g/mol. The zero-order chi connectivity index (χ0) is 12.3. The molecule has 1 aliphatic carbocycles. The van der Waals surface area contributed by atoms with Gasteiger partial charge in [-0.05, 0) is 19.8 Å². The van der Waals surface area contributed by atoms with E-state index in [1.165, 1.54) is 5.57 Å². The molecule has 96 valence electrons. The summed E-state index contributed by atoms with van der Waals surface area (Å²) >= 11 is 0. The molecule has 1 amide bonds. The molecule has 0 radical (unpaired) electrons. The van der Waals surface area contributed by atoms with Crippen molar-refractivity contribution < 1.29 is 4.79 Å².